The van der Waals surface area contributed by atoms with Crippen molar-refractivity contribution in [2.75, 3.05) is 39.1 Å². The second-order valence-corrected chi connectivity index (χ2v) is 10.1. The summed E-state index contributed by atoms with van der Waals surface area (Å²) in [6.07, 6.45) is 4.15. The number of benzene rings is 1. The third-order valence-electron chi connectivity index (χ3n) is 6.47. The summed E-state index contributed by atoms with van der Waals surface area (Å²) in [6.45, 7) is 5.21. The van der Waals surface area contributed by atoms with Crippen LogP contribution in [0.4, 0.5) is 0 Å². The van der Waals surface area contributed by atoms with Crippen LogP contribution in [0.15, 0.2) is 18.2 Å². The van der Waals surface area contributed by atoms with Gasteiger partial charge in [0.1, 0.15) is 0 Å². The van der Waals surface area contributed by atoms with Crippen molar-refractivity contribution in [1.82, 2.24) is 9.21 Å². The summed E-state index contributed by atoms with van der Waals surface area (Å²) in [5.41, 5.74) is 4.16. The van der Waals surface area contributed by atoms with Gasteiger partial charge in [0, 0.05) is 38.8 Å². The molecular weight excluding hydrogens is 384 g/mol. The van der Waals surface area contributed by atoms with Gasteiger partial charge in [-0.05, 0) is 49.7 Å². The van der Waals surface area contributed by atoms with E-state index in [-0.39, 0.29) is 30.8 Å². The van der Waals surface area contributed by atoms with E-state index >= 15 is 0 Å². The van der Waals surface area contributed by atoms with E-state index in [1.165, 1.54) is 16.7 Å². The van der Waals surface area contributed by atoms with Gasteiger partial charge in [-0.1, -0.05) is 23.8 Å². The Morgan fingerprint density at radius 3 is 2.85 bits per heavy atom. The first kappa shape index (κ1) is 21.1. The van der Waals surface area contributed by atoms with E-state index < -0.39 is 10.0 Å². The first-order valence-corrected chi connectivity index (χ1v) is 11.4. The molecule has 27 heavy (non-hydrogen) atoms. The summed E-state index contributed by atoms with van der Waals surface area (Å²) in [5.74, 6) is 0.556. The molecule has 152 valence electrons. The van der Waals surface area contributed by atoms with Crippen molar-refractivity contribution >= 4 is 22.4 Å². The number of hydrogen-bond donors (Lipinski definition) is 0. The fraction of sp³-hybridized carbons (Fsp3) is 0.700. The number of hydrogen-bond acceptors (Lipinski definition) is 4. The van der Waals surface area contributed by atoms with E-state index in [0.717, 1.165) is 38.8 Å². The van der Waals surface area contributed by atoms with Crippen molar-refractivity contribution in [2.24, 2.45) is 5.92 Å². The van der Waals surface area contributed by atoms with Crippen molar-refractivity contribution in [3.8, 4) is 0 Å². The van der Waals surface area contributed by atoms with Gasteiger partial charge in [-0.3, -0.25) is 4.90 Å². The van der Waals surface area contributed by atoms with E-state index in [1.807, 2.05) is 4.31 Å². The Labute approximate surface area is 169 Å². The van der Waals surface area contributed by atoms with Gasteiger partial charge in [0.2, 0.25) is 10.0 Å². The lowest BCUT2D eigenvalue weighted by molar-refractivity contribution is 0.0218. The first-order valence-electron chi connectivity index (χ1n) is 9.81. The SMILES string of the molecule is COCCS(=O)(=O)N1CCC[C@@H]2CN3CCc4ccc(C)cc4[C@H]3C[C@@H]21.Cl. The molecule has 0 aliphatic carbocycles. The number of aryl methyl sites for hydroxylation is 1. The Kier molecular flexibility index (Phi) is 6.53. The van der Waals surface area contributed by atoms with E-state index in [1.54, 1.807) is 7.11 Å². The van der Waals surface area contributed by atoms with Crippen molar-refractivity contribution in [2.45, 2.75) is 44.7 Å². The predicted octanol–water partition coefficient (Wildman–Crippen LogP) is 2.78. The van der Waals surface area contributed by atoms with Crippen LogP contribution in [0.25, 0.3) is 0 Å². The molecule has 0 saturated carbocycles. The van der Waals surface area contributed by atoms with E-state index in [4.69, 9.17) is 4.74 Å². The second-order valence-electron chi connectivity index (χ2n) is 8.09. The fourth-order valence-electron chi connectivity index (χ4n) is 5.17. The molecule has 0 amide bonds. The van der Waals surface area contributed by atoms with Crippen molar-refractivity contribution in [3.05, 3.63) is 34.9 Å². The standard InChI is InChI=1S/C20H30N2O3S.ClH/c1-15-5-6-16-7-9-21-14-17-4-3-8-22(26(23,24)11-10-25-2)19(17)13-20(21)18(16)12-15;/h5-6,12,17,19-20H,3-4,7-11,13-14H2,1-2H3;1H/t17-,19+,20-;/m1./s1. The quantitative estimate of drug-likeness (QED) is 0.760. The zero-order valence-electron chi connectivity index (χ0n) is 16.3. The molecule has 7 heteroatoms. The molecule has 5 nitrogen and oxygen atoms in total. The Bertz CT molecular complexity index is 770. The average Bonchev–Trinajstić information content (AvgIpc) is 2.64. The highest BCUT2D eigenvalue weighted by Crippen LogP contribution is 2.43. The van der Waals surface area contributed by atoms with Crippen LogP contribution in [0.2, 0.25) is 0 Å². The Balaban J connectivity index is 0.00000210. The number of rotatable bonds is 4. The molecule has 3 aliphatic rings. The lowest BCUT2D eigenvalue weighted by Gasteiger charge is -2.51. The van der Waals surface area contributed by atoms with Gasteiger partial charge in [0.15, 0.2) is 0 Å². The van der Waals surface area contributed by atoms with Crippen LogP contribution in [0.5, 0.6) is 0 Å². The molecule has 0 radical (unpaired) electrons. The van der Waals surface area contributed by atoms with Crippen LogP contribution >= 0.6 is 12.4 Å². The van der Waals surface area contributed by atoms with Crippen molar-refractivity contribution < 1.29 is 13.2 Å². The first-order chi connectivity index (χ1) is 12.5. The monoisotopic (exact) mass is 414 g/mol. The van der Waals surface area contributed by atoms with Crippen molar-refractivity contribution in [1.29, 1.82) is 0 Å². The highest BCUT2D eigenvalue weighted by atomic mass is 35.5. The van der Waals surface area contributed by atoms with Gasteiger partial charge in [-0.15, -0.1) is 12.4 Å². The fourth-order valence-corrected chi connectivity index (χ4v) is 6.86. The molecule has 3 atom stereocenters. The molecule has 0 spiro atoms. The maximum atomic E-state index is 12.9. The van der Waals surface area contributed by atoms with Crippen LogP contribution in [-0.2, 0) is 21.2 Å². The Hall–Kier alpha value is -0.660. The molecular formula is C20H31ClN2O3S. The largest absolute Gasteiger partial charge is 0.384 e. The zero-order chi connectivity index (χ0) is 18.3. The summed E-state index contributed by atoms with van der Waals surface area (Å²) in [6, 6.07) is 7.28. The van der Waals surface area contributed by atoms with E-state index in [9.17, 15) is 8.42 Å². The molecule has 3 aliphatic heterocycles. The molecule has 1 aromatic carbocycles. The number of nitrogens with zero attached hydrogens (tertiary/aromatic N) is 2. The molecule has 1 aromatic rings. The van der Waals surface area contributed by atoms with Gasteiger partial charge < -0.3 is 4.74 Å². The zero-order valence-corrected chi connectivity index (χ0v) is 17.9. The molecule has 0 N–H and O–H groups in total. The highest BCUT2D eigenvalue weighted by molar-refractivity contribution is 7.89. The molecule has 0 bridgehead atoms. The maximum absolute atomic E-state index is 12.9. The van der Waals surface area contributed by atoms with Gasteiger partial charge in [-0.2, -0.15) is 4.31 Å². The summed E-state index contributed by atoms with van der Waals surface area (Å²) in [5, 5.41) is 0. The van der Waals surface area contributed by atoms with Crippen molar-refractivity contribution in [3.63, 3.8) is 0 Å². The van der Waals surface area contributed by atoms with Crippen LogP contribution in [0.1, 0.15) is 42.0 Å². The minimum Gasteiger partial charge on any atom is -0.384 e. The van der Waals surface area contributed by atoms with Gasteiger partial charge >= 0.3 is 0 Å². The number of piperidine rings is 2. The predicted molar refractivity (Wildman–Crippen MR) is 110 cm³/mol. The van der Waals surface area contributed by atoms with Gasteiger partial charge in [-0.25, -0.2) is 8.42 Å². The number of methoxy groups -OCH3 is 1. The topological polar surface area (TPSA) is 49.9 Å². The van der Waals surface area contributed by atoms with Crippen LogP contribution in [0, 0.1) is 12.8 Å². The third kappa shape index (κ3) is 4.06. The number of fused-ring (bicyclic) bond motifs is 4. The highest BCUT2D eigenvalue weighted by Gasteiger charge is 2.45. The van der Waals surface area contributed by atoms with Gasteiger partial charge in [0.25, 0.3) is 0 Å². The lowest BCUT2D eigenvalue weighted by atomic mass is 9.77. The van der Waals surface area contributed by atoms with Crippen LogP contribution < -0.4 is 0 Å². The lowest BCUT2D eigenvalue weighted by Crippen LogP contribution is -2.57. The number of ether oxygens (including phenoxy) is 1. The van der Waals surface area contributed by atoms with Crippen LogP contribution in [-0.4, -0.2) is 62.8 Å². The summed E-state index contributed by atoms with van der Waals surface area (Å²) in [4.78, 5) is 2.61. The molecule has 4 rings (SSSR count). The molecule has 3 heterocycles. The smallest absolute Gasteiger partial charge is 0.216 e. The minimum atomic E-state index is -3.25. The summed E-state index contributed by atoms with van der Waals surface area (Å²) < 4.78 is 32.6. The van der Waals surface area contributed by atoms with E-state index in [2.05, 4.69) is 30.0 Å². The Morgan fingerprint density at radius 1 is 1.26 bits per heavy atom. The number of sulfonamides is 1. The third-order valence-corrected chi connectivity index (χ3v) is 8.32. The van der Waals surface area contributed by atoms with Crippen LogP contribution in [0.3, 0.4) is 0 Å². The summed E-state index contributed by atoms with van der Waals surface area (Å²) >= 11 is 0. The van der Waals surface area contributed by atoms with E-state index in [0.29, 0.717) is 18.5 Å². The molecule has 0 unspecified atom stereocenters. The number of halogens is 1. The molecule has 2 saturated heterocycles. The average molecular weight is 415 g/mol. The minimum absolute atomic E-state index is 0. The molecule has 2 fully saturated rings. The molecule has 0 aromatic heterocycles. The normalized spacial score (nSPS) is 28.6. The summed E-state index contributed by atoms with van der Waals surface area (Å²) in [7, 11) is -1.69. The maximum Gasteiger partial charge on any atom is 0.216 e. The van der Waals surface area contributed by atoms with Gasteiger partial charge in [0.05, 0.1) is 12.4 Å². The second kappa shape index (κ2) is 8.37. The Morgan fingerprint density at radius 2 is 2.07 bits per heavy atom.